The van der Waals surface area contributed by atoms with E-state index in [0.717, 1.165) is 19.4 Å². The Bertz CT molecular complexity index is 904. The van der Waals surface area contributed by atoms with E-state index in [2.05, 4.69) is 101 Å². The standard InChI is InChI=1S/C25H24N2/c1-4-10-21(11-5-1)19-27-20-26-18-24(27)16-17-25(22-12-6-2-7-13-22)23-14-8-3-9-15-23/h1-15,18,20,25H,16-17,19H2. The third-order valence-electron chi connectivity index (χ3n) is 5.09. The van der Waals surface area contributed by atoms with Crippen LogP contribution in [-0.4, -0.2) is 9.55 Å². The van der Waals surface area contributed by atoms with Crippen molar-refractivity contribution < 1.29 is 0 Å². The molecular weight excluding hydrogens is 328 g/mol. The average molecular weight is 352 g/mol. The van der Waals surface area contributed by atoms with Gasteiger partial charge in [0.15, 0.2) is 0 Å². The highest BCUT2D eigenvalue weighted by Crippen LogP contribution is 2.29. The molecule has 1 aromatic heterocycles. The predicted octanol–water partition coefficient (Wildman–Crippen LogP) is 5.70. The molecule has 0 fully saturated rings. The highest BCUT2D eigenvalue weighted by molar-refractivity contribution is 5.32. The van der Waals surface area contributed by atoms with Gasteiger partial charge in [-0.2, -0.15) is 0 Å². The summed E-state index contributed by atoms with van der Waals surface area (Å²) in [5.74, 6) is 0.396. The van der Waals surface area contributed by atoms with Gasteiger partial charge < -0.3 is 4.57 Å². The Labute approximate surface area is 161 Å². The second kappa shape index (κ2) is 8.50. The fraction of sp³-hybridized carbons (Fsp3) is 0.160. The van der Waals surface area contributed by atoms with Crippen LogP contribution in [0.2, 0.25) is 0 Å². The molecule has 2 heteroatoms. The Morgan fingerprint density at radius 1 is 0.704 bits per heavy atom. The monoisotopic (exact) mass is 352 g/mol. The minimum Gasteiger partial charge on any atom is -0.330 e. The van der Waals surface area contributed by atoms with E-state index < -0.39 is 0 Å². The first-order chi connectivity index (χ1) is 13.4. The lowest BCUT2D eigenvalue weighted by molar-refractivity contribution is 0.662. The molecule has 0 saturated carbocycles. The SMILES string of the molecule is c1ccc(Cn2cncc2CCC(c2ccccc2)c2ccccc2)cc1. The molecule has 0 aliphatic carbocycles. The van der Waals surface area contributed by atoms with E-state index in [1.165, 1.54) is 22.4 Å². The Morgan fingerprint density at radius 2 is 1.26 bits per heavy atom. The van der Waals surface area contributed by atoms with E-state index in [1.54, 1.807) is 0 Å². The molecule has 0 spiro atoms. The number of aromatic nitrogens is 2. The van der Waals surface area contributed by atoms with Crippen molar-refractivity contribution in [1.29, 1.82) is 0 Å². The number of hydrogen-bond donors (Lipinski definition) is 0. The number of aryl methyl sites for hydroxylation is 1. The van der Waals surface area contributed by atoms with Gasteiger partial charge in [-0.15, -0.1) is 0 Å². The maximum absolute atomic E-state index is 4.40. The first kappa shape index (κ1) is 17.3. The molecule has 1 heterocycles. The highest BCUT2D eigenvalue weighted by atomic mass is 15.0. The van der Waals surface area contributed by atoms with Gasteiger partial charge in [-0.05, 0) is 29.5 Å². The van der Waals surface area contributed by atoms with Crippen molar-refractivity contribution in [2.45, 2.75) is 25.3 Å². The number of nitrogens with zero attached hydrogens (tertiary/aromatic N) is 2. The molecule has 134 valence electrons. The fourth-order valence-corrected chi connectivity index (χ4v) is 3.67. The zero-order valence-corrected chi connectivity index (χ0v) is 15.4. The lowest BCUT2D eigenvalue weighted by Crippen LogP contribution is -2.07. The smallest absolute Gasteiger partial charge is 0.0951 e. The lowest BCUT2D eigenvalue weighted by Gasteiger charge is -2.18. The van der Waals surface area contributed by atoms with Gasteiger partial charge in [0.25, 0.3) is 0 Å². The number of hydrogen-bond acceptors (Lipinski definition) is 1. The summed E-state index contributed by atoms with van der Waals surface area (Å²) in [7, 11) is 0. The Kier molecular flexibility index (Phi) is 5.44. The maximum atomic E-state index is 4.40. The maximum Gasteiger partial charge on any atom is 0.0951 e. The van der Waals surface area contributed by atoms with Gasteiger partial charge in [0.05, 0.1) is 6.33 Å². The van der Waals surface area contributed by atoms with Crippen molar-refractivity contribution >= 4 is 0 Å². The second-order valence-electron chi connectivity index (χ2n) is 6.91. The molecule has 3 aromatic carbocycles. The second-order valence-corrected chi connectivity index (χ2v) is 6.91. The van der Waals surface area contributed by atoms with Crippen LogP contribution in [0, 0.1) is 0 Å². The van der Waals surface area contributed by atoms with E-state index in [9.17, 15) is 0 Å². The fourth-order valence-electron chi connectivity index (χ4n) is 3.67. The Hall–Kier alpha value is -3.13. The molecule has 0 unspecified atom stereocenters. The summed E-state index contributed by atoms with van der Waals surface area (Å²) in [5, 5.41) is 0. The van der Waals surface area contributed by atoms with Crippen molar-refractivity contribution in [3.8, 4) is 0 Å². The van der Waals surface area contributed by atoms with Crippen LogP contribution in [0.3, 0.4) is 0 Å². The third kappa shape index (κ3) is 4.35. The van der Waals surface area contributed by atoms with Gasteiger partial charge in [0, 0.05) is 24.4 Å². The summed E-state index contributed by atoms with van der Waals surface area (Å²) in [6.45, 7) is 0.873. The first-order valence-electron chi connectivity index (χ1n) is 9.53. The van der Waals surface area contributed by atoms with Crippen molar-refractivity contribution in [2.24, 2.45) is 0 Å². The van der Waals surface area contributed by atoms with Crippen LogP contribution in [0.25, 0.3) is 0 Å². The van der Waals surface area contributed by atoms with E-state index in [0.29, 0.717) is 5.92 Å². The van der Waals surface area contributed by atoms with E-state index in [1.807, 2.05) is 12.5 Å². The van der Waals surface area contributed by atoms with Crippen LogP contribution in [0.5, 0.6) is 0 Å². The third-order valence-corrected chi connectivity index (χ3v) is 5.09. The van der Waals surface area contributed by atoms with Gasteiger partial charge in [0.2, 0.25) is 0 Å². The van der Waals surface area contributed by atoms with Crippen LogP contribution in [0.15, 0.2) is 104 Å². The molecule has 4 rings (SSSR count). The average Bonchev–Trinajstić information content (AvgIpc) is 3.17. The molecule has 0 aliphatic rings. The van der Waals surface area contributed by atoms with Gasteiger partial charge in [-0.3, -0.25) is 0 Å². The zero-order valence-electron chi connectivity index (χ0n) is 15.4. The quantitative estimate of drug-likeness (QED) is 0.417. The molecule has 0 saturated heterocycles. The number of imidazole rings is 1. The Morgan fingerprint density at radius 3 is 1.85 bits per heavy atom. The van der Waals surface area contributed by atoms with Crippen molar-refractivity contribution in [3.63, 3.8) is 0 Å². The van der Waals surface area contributed by atoms with Crippen LogP contribution in [-0.2, 0) is 13.0 Å². The molecule has 0 bridgehead atoms. The minimum absolute atomic E-state index is 0.396. The number of benzene rings is 3. The van der Waals surface area contributed by atoms with Crippen molar-refractivity contribution in [1.82, 2.24) is 9.55 Å². The van der Waals surface area contributed by atoms with Crippen molar-refractivity contribution in [3.05, 3.63) is 126 Å². The Balaban J connectivity index is 1.53. The first-order valence-corrected chi connectivity index (χ1v) is 9.53. The molecule has 0 N–H and O–H groups in total. The van der Waals surface area contributed by atoms with E-state index in [4.69, 9.17) is 0 Å². The topological polar surface area (TPSA) is 17.8 Å². The largest absolute Gasteiger partial charge is 0.330 e. The van der Waals surface area contributed by atoms with Gasteiger partial charge in [-0.25, -0.2) is 4.98 Å². The highest BCUT2D eigenvalue weighted by Gasteiger charge is 2.15. The summed E-state index contributed by atoms with van der Waals surface area (Å²) in [4.78, 5) is 4.40. The molecule has 27 heavy (non-hydrogen) atoms. The molecular formula is C25H24N2. The summed E-state index contributed by atoms with van der Waals surface area (Å²) in [6, 6.07) is 32.2. The van der Waals surface area contributed by atoms with Crippen LogP contribution in [0.1, 0.15) is 34.7 Å². The summed E-state index contributed by atoms with van der Waals surface area (Å²) < 4.78 is 2.27. The molecule has 4 aromatic rings. The molecule has 2 nitrogen and oxygen atoms in total. The van der Waals surface area contributed by atoms with E-state index in [-0.39, 0.29) is 0 Å². The van der Waals surface area contributed by atoms with Crippen LogP contribution < -0.4 is 0 Å². The number of rotatable bonds is 7. The minimum atomic E-state index is 0.396. The molecule has 0 amide bonds. The summed E-state index contributed by atoms with van der Waals surface area (Å²) in [6.07, 6.45) is 6.02. The predicted molar refractivity (Wildman–Crippen MR) is 111 cm³/mol. The van der Waals surface area contributed by atoms with Crippen LogP contribution >= 0.6 is 0 Å². The molecule has 0 atom stereocenters. The zero-order chi connectivity index (χ0) is 18.3. The van der Waals surface area contributed by atoms with Gasteiger partial charge in [-0.1, -0.05) is 91.0 Å². The lowest BCUT2D eigenvalue weighted by atomic mass is 9.87. The molecule has 0 aliphatic heterocycles. The normalized spacial score (nSPS) is 11.0. The van der Waals surface area contributed by atoms with E-state index >= 15 is 0 Å². The summed E-state index contributed by atoms with van der Waals surface area (Å²) >= 11 is 0. The van der Waals surface area contributed by atoms with Gasteiger partial charge in [0.1, 0.15) is 0 Å². The summed E-state index contributed by atoms with van der Waals surface area (Å²) in [5.41, 5.74) is 5.34. The van der Waals surface area contributed by atoms with Crippen LogP contribution in [0.4, 0.5) is 0 Å². The molecule has 0 radical (unpaired) electrons. The van der Waals surface area contributed by atoms with Crippen molar-refractivity contribution in [2.75, 3.05) is 0 Å². The van der Waals surface area contributed by atoms with Gasteiger partial charge >= 0.3 is 0 Å².